The van der Waals surface area contributed by atoms with Crippen molar-refractivity contribution in [3.05, 3.63) is 0 Å². The van der Waals surface area contributed by atoms with E-state index in [1.54, 1.807) is 0 Å². The van der Waals surface area contributed by atoms with Crippen molar-refractivity contribution in [2.24, 2.45) is 0 Å². The minimum Gasteiger partial charge on any atom is -0.330 e. The summed E-state index contributed by atoms with van der Waals surface area (Å²) in [4.78, 5) is 0. The van der Waals surface area contributed by atoms with Crippen molar-refractivity contribution in [2.45, 2.75) is 71.4 Å². The van der Waals surface area contributed by atoms with Gasteiger partial charge in [-0.3, -0.25) is 0 Å². The van der Waals surface area contributed by atoms with Crippen LogP contribution in [0.25, 0.3) is 0 Å². The molecule has 3 nitrogen and oxygen atoms in total. The quantitative estimate of drug-likeness (QED) is 0.597. The molecule has 1 rings (SSSR count). The first kappa shape index (κ1) is 13.9. The van der Waals surface area contributed by atoms with Crippen LogP contribution in [0.5, 0.6) is 0 Å². The zero-order chi connectivity index (χ0) is 11.6. The van der Waals surface area contributed by atoms with Gasteiger partial charge in [-0.05, 0) is 19.8 Å². The van der Waals surface area contributed by atoms with E-state index in [4.69, 9.17) is 14.2 Å². The van der Waals surface area contributed by atoms with E-state index < -0.39 is 6.48 Å². The second-order valence-electron chi connectivity index (χ2n) is 4.53. The molecule has 16 heavy (non-hydrogen) atoms. The molecule has 0 aromatic carbocycles. The van der Waals surface area contributed by atoms with Crippen LogP contribution in [-0.4, -0.2) is 25.8 Å². The maximum atomic E-state index is 5.52. The summed E-state index contributed by atoms with van der Waals surface area (Å²) in [6, 6.07) is 0. The summed E-state index contributed by atoms with van der Waals surface area (Å²) >= 11 is 0. The standard InChI is InChI=1S/C13H26O3/c1-3-4-5-6-7-8-10-14-13-15-11-9-12(2)16-13/h12-13H,3-11H2,1-2H3/t12-,13+/m1/s1. The molecule has 2 atom stereocenters. The summed E-state index contributed by atoms with van der Waals surface area (Å²) in [5.41, 5.74) is 0. The highest BCUT2D eigenvalue weighted by Gasteiger charge is 2.19. The second-order valence-corrected chi connectivity index (χ2v) is 4.53. The van der Waals surface area contributed by atoms with Gasteiger partial charge in [0.25, 0.3) is 6.48 Å². The van der Waals surface area contributed by atoms with Gasteiger partial charge in [-0.2, -0.15) is 0 Å². The van der Waals surface area contributed by atoms with Crippen LogP contribution in [0.15, 0.2) is 0 Å². The van der Waals surface area contributed by atoms with Gasteiger partial charge >= 0.3 is 0 Å². The van der Waals surface area contributed by atoms with Crippen LogP contribution in [0, 0.1) is 0 Å². The number of hydrogen-bond donors (Lipinski definition) is 0. The highest BCUT2D eigenvalue weighted by Crippen LogP contribution is 2.13. The van der Waals surface area contributed by atoms with E-state index in [-0.39, 0.29) is 6.10 Å². The molecule has 0 aromatic rings. The van der Waals surface area contributed by atoms with Gasteiger partial charge in [0.15, 0.2) is 0 Å². The maximum Gasteiger partial charge on any atom is 0.271 e. The number of hydrogen-bond acceptors (Lipinski definition) is 3. The molecule has 0 amide bonds. The van der Waals surface area contributed by atoms with Crippen molar-refractivity contribution in [1.82, 2.24) is 0 Å². The topological polar surface area (TPSA) is 27.7 Å². The third-order valence-corrected chi connectivity index (χ3v) is 2.87. The Labute approximate surface area is 99.5 Å². The summed E-state index contributed by atoms with van der Waals surface area (Å²) in [5, 5.41) is 0. The Morgan fingerprint density at radius 3 is 2.62 bits per heavy atom. The zero-order valence-electron chi connectivity index (χ0n) is 10.7. The predicted molar refractivity (Wildman–Crippen MR) is 64.2 cm³/mol. The maximum absolute atomic E-state index is 5.52. The molecule has 0 bridgehead atoms. The minimum absolute atomic E-state index is 0.267. The molecule has 0 saturated carbocycles. The Morgan fingerprint density at radius 1 is 1.12 bits per heavy atom. The van der Waals surface area contributed by atoms with Gasteiger partial charge < -0.3 is 14.2 Å². The average Bonchev–Trinajstić information content (AvgIpc) is 2.28. The molecule has 1 aliphatic heterocycles. The Morgan fingerprint density at radius 2 is 1.88 bits per heavy atom. The highest BCUT2D eigenvalue weighted by molar-refractivity contribution is 4.53. The summed E-state index contributed by atoms with van der Waals surface area (Å²) in [7, 11) is 0. The predicted octanol–water partition coefficient (Wildman–Crippen LogP) is 3.47. The van der Waals surface area contributed by atoms with E-state index in [0.29, 0.717) is 0 Å². The highest BCUT2D eigenvalue weighted by atomic mass is 16.8. The monoisotopic (exact) mass is 230 g/mol. The SMILES string of the molecule is CCCCCCCCO[C@H]1OCC[C@@H](C)O1. The van der Waals surface area contributed by atoms with Gasteiger partial charge in [0.1, 0.15) is 0 Å². The van der Waals surface area contributed by atoms with E-state index in [9.17, 15) is 0 Å². The fraction of sp³-hybridized carbons (Fsp3) is 1.00. The first-order valence-corrected chi connectivity index (χ1v) is 6.71. The molecule has 1 saturated heterocycles. The summed E-state index contributed by atoms with van der Waals surface area (Å²) < 4.78 is 16.4. The largest absolute Gasteiger partial charge is 0.330 e. The Hall–Kier alpha value is -0.120. The van der Waals surface area contributed by atoms with Crippen LogP contribution in [0.4, 0.5) is 0 Å². The van der Waals surface area contributed by atoms with Crippen LogP contribution in [0.2, 0.25) is 0 Å². The van der Waals surface area contributed by atoms with Crippen molar-refractivity contribution in [3.63, 3.8) is 0 Å². The number of unbranched alkanes of at least 4 members (excludes halogenated alkanes) is 5. The van der Waals surface area contributed by atoms with Crippen molar-refractivity contribution in [1.29, 1.82) is 0 Å². The van der Waals surface area contributed by atoms with Crippen LogP contribution in [0.3, 0.4) is 0 Å². The van der Waals surface area contributed by atoms with Crippen LogP contribution >= 0.6 is 0 Å². The van der Waals surface area contributed by atoms with Crippen molar-refractivity contribution < 1.29 is 14.2 Å². The molecule has 1 fully saturated rings. The first-order chi connectivity index (χ1) is 7.83. The molecule has 1 aliphatic rings. The minimum atomic E-state index is -0.417. The van der Waals surface area contributed by atoms with Gasteiger partial charge in [0.05, 0.1) is 19.3 Å². The molecule has 96 valence electrons. The fourth-order valence-electron chi connectivity index (χ4n) is 1.78. The second kappa shape index (κ2) is 8.97. The van der Waals surface area contributed by atoms with Crippen molar-refractivity contribution >= 4 is 0 Å². The molecule has 0 aromatic heterocycles. The molecule has 0 spiro atoms. The smallest absolute Gasteiger partial charge is 0.271 e. The van der Waals surface area contributed by atoms with E-state index in [0.717, 1.165) is 26.1 Å². The summed E-state index contributed by atoms with van der Waals surface area (Å²) in [6.07, 6.45) is 8.93. The number of rotatable bonds is 8. The van der Waals surface area contributed by atoms with E-state index in [1.807, 2.05) is 0 Å². The zero-order valence-corrected chi connectivity index (χ0v) is 10.7. The fourth-order valence-corrected chi connectivity index (χ4v) is 1.78. The lowest BCUT2D eigenvalue weighted by atomic mass is 10.1. The molecule has 0 unspecified atom stereocenters. The third kappa shape index (κ3) is 6.46. The molecule has 0 N–H and O–H groups in total. The van der Waals surface area contributed by atoms with Gasteiger partial charge in [0, 0.05) is 0 Å². The van der Waals surface area contributed by atoms with Crippen molar-refractivity contribution in [3.8, 4) is 0 Å². The Balaban J connectivity index is 1.86. The lowest BCUT2D eigenvalue weighted by Gasteiger charge is -2.27. The normalized spacial score (nSPS) is 25.9. The molecular formula is C13H26O3. The van der Waals surface area contributed by atoms with Gasteiger partial charge in [-0.15, -0.1) is 0 Å². The molecule has 0 aliphatic carbocycles. The van der Waals surface area contributed by atoms with Gasteiger partial charge in [-0.1, -0.05) is 39.0 Å². The van der Waals surface area contributed by atoms with Crippen LogP contribution < -0.4 is 0 Å². The third-order valence-electron chi connectivity index (χ3n) is 2.87. The molecular weight excluding hydrogens is 204 g/mol. The van der Waals surface area contributed by atoms with Crippen LogP contribution in [-0.2, 0) is 14.2 Å². The Kier molecular flexibility index (Phi) is 7.81. The van der Waals surface area contributed by atoms with E-state index in [1.165, 1.54) is 32.1 Å². The first-order valence-electron chi connectivity index (χ1n) is 6.71. The van der Waals surface area contributed by atoms with Crippen LogP contribution in [0.1, 0.15) is 58.8 Å². The Bertz CT molecular complexity index is 161. The number of ether oxygens (including phenoxy) is 3. The lowest BCUT2D eigenvalue weighted by molar-refractivity contribution is -0.328. The molecule has 1 heterocycles. The van der Waals surface area contributed by atoms with Crippen molar-refractivity contribution in [2.75, 3.05) is 13.2 Å². The summed E-state index contributed by atoms with van der Waals surface area (Å²) in [6.45, 7) is 5.39. The van der Waals surface area contributed by atoms with E-state index in [2.05, 4.69) is 13.8 Å². The van der Waals surface area contributed by atoms with E-state index >= 15 is 0 Å². The molecule has 3 heteroatoms. The summed E-state index contributed by atoms with van der Waals surface area (Å²) in [5.74, 6) is 0. The average molecular weight is 230 g/mol. The van der Waals surface area contributed by atoms with Gasteiger partial charge in [-0.25, -0.2) is 0 Å². The molecule has 0 radical (unpaired) electrons. The van der Waals surface area contributed by atoms with Gasteiger partial charge in [0.2, 0.25) is 0 Å². The lowest BCUT2D eigenvalue weighted by Crippen LogP contribution is -2.32.